The monoisotopic (exact) mass is 461 g/mol. The van der Waals surface area contributed by atoms with E-state index in [2.05, 4.69) is 10.6 Å². The predicted molar refractivity (Wildman–Crippen MR) is 123 cm³/mol. The van der Waals surface area contributed by atoms with Crippen molar-refractivity contribution in [3.05, 3.63) is 43.8 Å². The molecule has 2 atom stereocenters. The smallest absolute Gasteiger partial charge is 0.408 e. The van der Waals surface area contributed by atoms with Crippen LogP contribution in [0.4, 0.5) is 9.18 Å². The normalized spacial score (nSPS) is 21.9. The van der Waals surface area contributed by atoms with Crippen LogP contribution in [0.2, 0.25) is 0 Å². The number of alkyl carbamates (subject to hydrolysis) is 1. The molecule has 1 amide bonds. The van der Waals surface area contributed by atoms with Gasteiger partial charge < -0.3 is 21.2 Å². The lowest BCUT2D eigenvalue weighted by Gasteiger charge is -2.36. The number of nitrogens with two attached hydrogens (primary N) is 1. The average molecular weight is 462 g/mol. The van der Waals surface area contributed by atoms with Gasteiger partial charge in [-0.05, 0) is 65.1 Å². The number of carbonyl (C=O) groups excluding carboxylic acids is 1. The number of ether oxygens (including phenoxy) is 1. The number of rotatable bonds is 4. The van der Waals surface area contributed by atoms with Crippen molar-refractivity contribution in [3.8, 4) is 0 Å². The van der Waals surface area contributed by atoms with Crippen LogP contribution in [-0.4, -0.2) is 34.0 Å². The Bertz CT molecular complexity index is 1230. The summed E-state index contributed by atoms with van der Waals surface area (Å²) in [4.78, 5) is 38.4. The van der Waals surface area contributed by atoms with E-state index >= 15 is 4.39 Å². The number of aromatic nitrogens is 2. The third-order valence-electron chi connectivity index (χ3n) is 6.61. The minimum atomic E-state index is -0.745. The van der Waals surface area contributed by atoms with Crippen LogP contribution in [-0.2, 0) is 4.74 Å². The second kappa shape index (κ2) is 7.86. The summed E-state index contributed by atoms with van der Waals surface area (Å²) in [5.41, 5.74) is -1.53. The van der Waals surface area contributed by atoms with E-state index in [-0.39, 0.29) is 17.0 Å². The summed E-state index contributed by atoms with van der Waals surface area (Å²) in [6.45, 7) is 10.2. The lowest BCUT2D eigenvalue weighted by atomic mass is 9.76. The molecule has 4 rings (SSSR count). The molecule has 2 aliphatic rings. The number of hydrogen-bond donors (Lipinski definition) is 3. The topological polar surface area (TPSA) is 120 Å². The quantitative estimate of drug-likeness (QED) is 0.601. The van der Waals surface area contributed by atoms with Gasteiger partial charge in [0.2, 0.25) is 0 Å². The highest BCUT2D eigenvalue weighted by molar-refractivity contribution is 5.83. The number of nitrogens with one attached hydrogen (secondary N) is 2. The summed E-state index contributed by atoms with van der Waals surface area (Å²) >= 11 is 0. The number of aryl methyl sites for hydroxylation is 1. The maximum atomic E-state index is 15.7. The number of benzene rings is 1. The van der Waals surface area contributed by atoms with Crippen LogP contribution in [0.25, 0.3) is 10.9 Å². The summed E-state index contributed by atoms with van der Waals surface area (Å²) in [6, 6.07) is 0.306. The molecule has 2 heterocycles. The van der Waals surface area contributed by atoms with E-state index in [4.69, 9.17) is 10.6 Å². The van der Waals surface area contributed by atoms with Crippen molar-refractivity contribution in [2.24, 2.45) is 5.41 Å². The van der Waals surface area contributed by atoms with Gasteiger partial charge in [0, 0.05) is 23.6 Å². The molecule has 4 N–H and O–H groups in total. The molecule has 2 fully saturated rings. The van der Waals surface area contributed by atoms with Gasteiger partial charge in [0.1, 0.15) is 11.4 Å². The molecule has 0 radical (unpaired) electrons. The standard InChI is InChI=1S/C23H32FN5O4/c1-12-16(18(23(5)8-9-26-11-23)27-20(31)33-22(2,3)4)15(24)10-14-17(12)28(13-6-7-13)21(32)29(25)19(14)30/h10,13,18,26H,6-9,11,25H2,1-5H3,(H,27,31). The Kier molecular flexibility index (Phi) is 5.55. The van der Waals surface area contributed by atoms with E-state index in [0.717, 1.165) is 25.5 Å². The van der Waals surface area contributed by atoms with Gasteiger partial charge in [0.05, 0.1) is 16.9 Å². The number of carbonyl (C=O) groups is 1. The average Bonchev–Trinajstić information content (AvgIpc) is 3.44. The van der Waals surface area contributed by atoms with E-state index in [9.17, 15) is 14.4 Å². The second-order valence-corrected chi connectivity index (χ2v) is 10.5. The summed E-state index contributed by atoms with van der Waals surface area (Å²) in [6.07, 6.45) is 1.60. The molecule has 1 saturated heterocycles. The van der Waals surface area contributed by atoms with E-state index in [0.29, 0.717) is 28.7 Å². The first-order valence-electron chi connectivity index (χ1n) is 11.3. The van der Waals surface area contributed by atoms with Crippen molar-refractivity contribution in [2.45, 2.75) is 71.6 Å². The van der Waals surface area contributed by atoms with Gasteiger partial charge in [-0.2, -0.15) is 4.68 Å². The van der Waals surface area contributed by atoms with E-state index in [1.54, 1.807) is 27.7 Å². The van der Waals surface area contributed by atoms with Gasteiger partial charge in [-0.25, -0.2) is 14.0 Å². The first-order chi connectivity index (χ1) is 15.3. The van der Waals surface area contributed by atoms with E-state index < -0.39 is 40.2 Å². The predicted octanol–water partition coefficient (Wildman–Crippen LogP) is 2.22. The van der Waals surface area contributed by atoms with Gasteiger partial charge in [-0.3, -0.25) is 9.36 Å². The van der Waals surface area contributed by atoms with Crippen LogP contribution >= 0.6 is 0 Å². The van der Waals surface area contributed by atoms with Gasteiger partial charge >= 0.3 is 11.8 Å². The number of halogens is 1. The molecule has 0 bridgehead atoms. The molecule has 1 aromatic heterocycles. The van der Waals surface area contributed by atoms with Gasteiger partial charge in [0.25, 0.3) is 5.56 Å². The molecule has 2 aromatic rings. The SMILES string of the molecule is Cc1c(C(NC(=O)OC(C)(C)C)C2(C)CCNC2)c(F)cc2c(=O)n(N)c(=O)n(C3CC3)c12. The Labute approximate surface area is 191 Å². The summed E-state index contributed by atoms with van der Waals surface area (Å²) < 4.78 is 23.2. The van der Waals surface area contributed by atoms with Crippen LogP contribution in [0.1, 0.15) is 70.2 Å². The van der Waals surface area contributed by atoms with Crippen LogP contribution in [0.5, 0.6) is 0 Å². The summed E-state index contributed by atoms with van der Waals surface area (Å²) in [5, 5.41) is 6.22. The largest absolute Gasteiger partial charge is 0.444 e. The van der Waals surface area contributed by atoms with Crippen molar-refractivity contribution in [3.63, 3.8) is 0 Å². The fourth-order valence-corrected chi connectivity index (χ4v) is 4.81. The highest BCUT2D eigenvalue weighted by atomic mass is 19.1. The van der Waals surface area contributed by atoms with Crippen molar-refractivity contribution in [2.75, 3.05) is 18.9 Å². The molecule has 0 spiro atoms. The number of nitrogen functional groups attached to an aromatic ring is 1. The minimum Gasteiger partial charge on any atom is -0.444 e. The molecule has 10 heteroatoms. The van der Waals surface area contributed by atoms with Crippen molar-refractivity contribution in [1.29, 1.82) is 0 Å². The molecule has 2 unspecified atom stereocenters. The minimum absolute atomic E-state index is 0.0495. The maximum absolute atomic E-state index is 15.7. The van der Waals surface area contributed by atoms with Crippen LogP contribution in [0.3, 0.4) is 0 Å². The van der Waals surface area contributed by atoms with Crippen LogP contribution in [0.15, 0.2) is 15.7 Å². The number of hydrogen-bond acceptors (Lipinski definition) is 6. The molecule has 1 aromatic carbocycles. The molecular formula is C23H32FN5O4. The van der Waals surface area contributed by atoms with Crippen molar-refractivity contribution < 1.29 is 13.9 Å². The Morgan fingerprint density at radius 2 is 2.03 bits per heavy atom. The van der Waals surface area contributed by atoms with Gasteiger partial charge in [-0.15, -0.1) is 0 Å². The molecule has 33 heavy (non-hydrogen) atoms. The lowest BCUT2D eigenvalue weighted by molar-refractivity contribution is 0.0453. The van der Waals surface area contributed by atoms with E-state index in [1.807, 2.05) is 6.92 Å². The zero-order chi connectivity index (χ0) is 24.3. The van der Waals surface area contributed by atoms with Crippen molar-refractivity contribution >= 4 is 17.0 Å². The molecular weight excluding hydrogens is 429 g/mol. The Morgan fingerprint density at radius 1 is 1.36 bits per heavy atom. The Hall–Kier alpha value is -2.88. The second-order valence-electron chi connectivity index (χ2n) is 10.5. The highest BCUT2D eigenvalue weighted by Crippen LogP contribution is 2.43. The number of amides is 1. The fraction of sp³-hybridized carbons (Fsp3) is 0.609. The molecule has 1 aliphatic carbocycles. The first-order valence-corrected chi connectivity index (χ1v) is 11.3. The van der Waals surface area contributed by atoms with Crippen LogP contribution in [0, 0.1) is 18.2 Å². The zero-order valence-corrected chi connectivity index (χ0v) is 19.8. The van der Waals surface area contributed by atoms with E-state index in [1.165, 1.54) is 4.57 Å². The zero-order valence-electron chi connectivity index (χ0n) is 19.8. The molecule has 180 valence electrons. The fourth-order valence-electron chi connectivity index (χ4n) is 4.81. The third-order valence-corrected chi connectivity index (χ3v) is 6.61. The summed E-state index contributed by atoms with van der Waals surface area (Å²) in [7, 11) is 0. The first kappa shape index (κ1) is 23.3. The molecule has 9 nitrogen and oxygen atoms in total. The van der Waals surface area contributed by atoms with Gasteiger partial charge in [0.15, 0.2) is 0 Å². The number of fused-ring (bicyclic) bond motifs is 1. The lowest BCUT2D eigenvalue weighted by Crippen LogP contribution is -2.46. The van der Waals surface area contributed by atoms with Gasteiger partial charge in [-0.1, -0.05) is 6.92 Å². The highest BCUT2D eigenvalue weighted by Gasteiger charge is 2.42. The van der Waals surface area contributed by atoms with Crippen LogP contribution < -0.4 is 27.7 Å². The maximum Gasteiger partial charge on any atom is 0.408 e. The Balaban J connectivity index is 1.95. The number of nitrogens with zero attached hydrogens (tertiary/aromatic N) is 2. The van der Waals surface area contributed by atoms with Crippen molar-refractivity contribution in [1.82, 2.24) is 19.9 Å². The molecule has 1 aliphatic heterocycles. The summed E-state index contributed by atoms with van der Waals surface area (Å²) in [5.74, 6) is 5.09. The Morgan fingerprint density at radius 3 is 2.58 bits per heavy atom. The third kappa shape index (κ3) is 4.12. The molecule has 1 saturated carbocycles.